The Morgan fingerprint density at radius 1 is 0.938 bits per heavy atom. The van der Waals surface area contributed by atoms with Crippen LogP contribution < -0.4 is 5.32 Å². The number of benzene rings is 3. The van der Waals surface area contributed by atoms with Gasteiger partial charge in [-0.25, -0.2) is 8.78 Å². The van der Waals surface area contributed by atoms with Crippen molar-refractivity contribution >= 4 is 22.8 Å². The molecule has 32 heavy (non-hydrogen) atoms. The lowest BCUT2D eigenvalue weighted by molar-refractivity contribution is -0.115. The van der Waals surface area contributed by atoms with E-state index in [-0.39, 0.29) is 24.1 Å². The minimum atomic E-state index is -0.450. The van der Waals surface area contributed by atoms with Crippen molar-refractivity contribution in [3.8, 4) is 22.6 Å². The third kappa shape index (κ3) is 3.88. The first kappa shape index (κ1) is 19.7. The lowest BCUT2D eigenvalue weighted by Crippen LogP contribution is -2.14. The normalized spacial score (nSPS) is 11.1. The van der Waals surface area contributed by atoms with Gasteiger partial charge in [0.2, 0.25) is 5.91 Å². The number of para-hydroxylation sites is 1. The first-order valence-electron chi connectivity index (χ1n) is 9.94. The molecule has 5 nitrogen and oxygen atoms in total. The Morgan fingerprint density at radius 3 is 2.44 bits per heavy atom. The number of oxazole rings is 1. The molecule has 0 aliphatic carbocycles. The van der Waals surface area contributed by atoms with Crippen LogP contribution in [0.1, 0.15) is 5.56 Å². The highest BCUT2D eigenvalue weighted by Crippen LogP contribution is 2.35. The number of H-pyrrole nitrogens is 1. The Hall–Kier alpha value is -4.26. The number of aromatic nitrogens is 2. The van der Waals surface area contributed by atoms with Crippen LogP contribution in [-0.4, -0.2) is 15.9 Å². The fourth-order valence-electron chi connectivity index (χ4n) is 3.64. The number of nitrogens with zero attached hydrogens (tertiary/aromatic N) is 1. The number of fused-ring (bicyclic) bond motifs is 1. The predicted octanol–water partition coefficient (Wildman–Crippen LogP) is 5.95. The van der Waals surface area contributed by atoms with Crippen LogP contribution >= 0.6 is 0 Å². The maximum atomic E-state index is 13.8. The number of hydrogen-bond donors (Lipinski definition) is 2. The van der Waals surface area contributed by atoms with Gasteiger partial charge in [-0.2, -0.15) is 4.98 Å². The largest absolute Gasteiger partial charge is 0.423 e. The van der Waals surface area contributed by atoms with Gasteiger partial charge in [0.25, 0.3) is 0 Å². The van der Waals surface area contributed by atoms with Crippen molar-refractivity contribution in [1.29, 1.82) is 0 Å². The van der Waals surface area contributed by atoms with Gasteiger partial charge in [0.15, 0.2) is 5.76 Å². The lowest BCUT2D eigenvalue weighted by Gasteiger charge is -2.02. The van der Waals surface area contributed by atoms with Crippen molar-refractivity contribution < 1.29 is 18.0 Å². The maximum Gasteiger partial charge on any atom is 0.302 e. The fraction of sp³-hybridized carbons (Fsp3) is 0.0400. The zero-order valence-corrected chi connectivity index (χ0v) is 16.7. The van der Waals surface area contributed by atoms with Gasteiger partial charge in [0.1, 0.15) is 17.3 Å². The third-order valence-electron chi connectivity index (χ3n) is 5.08. The molecule has 2 N–H and O–H groups in total. The molecule has 0 aliphatic heterocycles. The van der Waals surface area contributed by atoms with E-state index in [2.05, 4.69) is 15.3 Å². The molecule has 5 rings (SSSR count). The van der Waals surface area contributed by atoms with E-state index in [0.717, 1.165) is 16.5 Å². The summed E-state index contributed by atoms with van der Waals surface area (Å²) in [6, 6.07) is 19.3. The second-order valence-electron chi connectivity index (χ2n) is 7.30. The summed E-state index contributed by atoms with van der Waals surface area (Å²) >= 11 is 0. The van der Waals surface area contributed by atoms with Crippen molar-refractivity contribution in [3.05, 3.63) is 96.2 Å². The molecule has 0 saturated heterocycles. The number of anilines is 1. The van der Waals surface area contributed by atoms with E-state index >= 15 is 0 Å². The highest BCUT2D eigenvalue weighted by atomic mass is 19.1. The zero-order chi connectivity index (χ0) is 22.1. The number of rotatable bonds is 5. The second-order valence-corrected chi connectivity index (χ2v) is 7.30. The average Bonchev–Trinajstić information content (AvgIpc) is 3.38. The van der Waals surface area contributed by atoms with Crippen LogP contribution in [0.4, 0.5) is 14.8 Å². The van der Waals surface area contributed by atoms with Gasteiger partial charge in [-0.15, -0.1) is 0 Å². The predicted molar refractivity (Wildman–Crippen MR) is 118 cm³/mol. The summed E-state index contributed by atoms with van der Waals surface area (Å²) in [6.45, 7) is 0. The van der Waals surface area contributed by atoms with Crippen molar-refractivity contribution in [3.63, 3.8) is 0 Å². The van der Waals surface area contributed by atoms with Gasteiger partial charge in [-0.3, -0.25) is 10.1 Å². The van der Waals surface area contributed by atoms with E-state index in [1.165, 1.54) is 30.3 Å². The molecule has 0 spiro atoms. The summed E-state index contributed by atoms with van der Waals surface area (Å²) < 4.78 is 33.4. The van der Waals surface area contributed by atoms with E-state index in [1.807, 2.05) is 24.3 Å². The van der Waals surface area contributed by atoms with Crippen LogP contribution in [0.3, 0.4) is 0 Å². The molecule has 2 heterocycles. The molecule has 2 aromatic heterocycles. The van der Waals surface area contributed by atoms with Crippen LogP contribution in [0.5, 0.6) is 0 Å². The van der Waals surface area contributed by atoms with E-state index in [0.29, 0.717) is 16.8 Å². The molecule has 0 aliphatic rings. The Morgan fingerprint density at radius 2 is 1.66 bits per heavy atom. The van der Waals surface area contributed by atoms with E-state index in [4.69, 9.17) is 4.42 Å². The molecule has 0 unspecified atom stereocenters. The minimum absolute atomic E-state index is 0.0478. The monoisotopic (exact) mass is 429 g/mol. The van der Waals surface area contributed by atoms with Crippen molar-refractivity contribution in [1.82, 2.24) is 9.97 Å². The molecular weight excluding hydrogens is 412 g/mol. The minimum Gasteiger partial charge on any atom is -0.423 e. The Balaban J connectivity index is 1.47. The molecule has 158 valence electrons. The topological polar surface area (TPSA) is 70.9 Å². The number of nitrogens with one attached hydrogen (secondary N) is 2. The van der Waals surface area contributed by atoms with Gasteiger partial charge in [-0.1, -0.05) is 42.5 Å². The van der Waals surface area contributed by atoms with Crippen LogP contribution in [0.2, 0.25) is 0 Å². The van der Waals surface area contributed by atoms with Gasteiger partial charge >= 0.3 is 6.01 Å². The summed E-state index contributed by atoms with van der Waals surface area (Å²) in [5.74, 6) is -0.986. The standard InChI is InChI=1S/C25H17F2N3O2/c26-18-7-3-5-15(11-18)23-24(16-6-4-8-19(27)12-16)32-25(30-23)29-22(31)13-17-14-28-21-10-2-1-9-20(17)21/h1-12,14,28H,13H2,(H,29,30,31). The summed E-state index contributed by atoms with van der Waals surface area (Å²) in [7, 11) is 0. The molecule has 0 radical (unpaired) electrons. The van der Waals surface area contributed by atoms with Crippen LogP contribution in [-0.2, 0) is 11.2 Å². The zero-order valence-electron chi connectivity index (χ0n) is 16.7. The lowest BCUT2D eigenvalue weighted by atomic mass is 10.1. The first-order valence-corrected chi connectivity index (χ1v) is 9.94. The van der Waals surface area contributed by atoms with Crippen LogP contribution in [0.25, 0.3) is 33.5 Å². The summed E-state index contributed by atoms with van der Waals surface area (Å²) in [6.07, 6.45) is 1.90. The Labute approximate surface area is 181 Å². The van der Waals surface area contributed by atoms with Gasteiger partial charge in [0, 0.05) is 28.2 Å². The quantitative estimate of drug-likeness (QED) is 0.363. The number of carbonyl (C=O) groups excluding carboxylic acids is 1. The molecule has 0 atom stereocenters. The molecule has 3 aromatic carbocycles. The molecule has 0 bridgehead atoms. The molecule has 1 amide bonds. The molecule has 0 saturated carbocycles. The maximum absolute atomic E-state index is 13.8. The Kier molecular flexibility index (Phi) is 4.99. The van der Waals surface area contributed by atoms with Crippen molar-refractivity contribution in [2.45, 2.75) is 6.42 Å². The number of carbonyl (C=O) groups is 1. The smallest absolute Gasteiger partial charge is 0.302 e. The summed E-state index contributed by atoms with van der Waals surface area (Å²) in [4.78, 5) is 20.2. The SMILES string of the molecule is O=C(Cc1c[nH]c2ccccc12)Nc1nc(-c2cccc(F)c2)c(-c2cccc(F)c2)o1. The number of halogens is 2. The fourth-order valence-corrected chi connectivity index (χ4v) is 3.64. The Bertz CT molecular complexity index is 1380. The van der Waals surface area contributed by atoms with E-state index < -0.39 is 11.6 Å². The highest BCUT2D eigenvalue weighted by molar-refractivity contribution is 5.95. The van der Waals surface area contributed by atoms with Gasteiger partial charge in [0.05, 0.1) is 6.42 Å². The van der Waals surface area contributed by atoms with Crippen LogP contribution in [0.15, 0.2) is 83.4 Å². The summed E-state index contributed by atoms with van der Waals surface area (Å²) in [5.41, 5.74) is 2.95. The number of aromatic amines is 1. The first-order chi connectivity index (χ1) is 15.6. The second kappa shape index (κ2) is 8.11. The average molecular weight is 429 g/mol. The molecule has 0 fully saturated rings. The molecular formula is C25H17F2N3O2. The van der Waals surface area contributed by atoms with Crippen molar-refractivity contribution in [2.24, 2.45) is 0 Å². The van der Waals surface area contributed by atoms with E-state index in [9.17, 15) is 13.6 Å². The summed E-state index contributed by atoms with van der Waals surface area (Å²) in [5, 5.41) is 3.61. The number of amides is 1. The van der Waals surface area contributed by atoms with Crippen molar-refractivity contribution in [2.75, 3.05) is 5.32 Å². The molecule has 5 aromatic rings. The highest BCUT2D eigenvalue weighted by Gasteiger charge is 2.20. The third-order valence-corrected chi connectivity index (χ3v) is 5.08. The van der Waals surface area contributed by atoms with Gasteiger partial charge in [-0.05, 0) is 35.9 Å². The van der Waals surface area contributed by atoms with Gasteiger partial charge < -0.3 is 9.40 Å². The van der Waals surface area contributed by atoms with E-state index in [1.54, 1.807) is 24.4 Å². The number of hydrogen-bond acceptors (Lipinski definition) is 3. The molecule has 7 heteroatoms. The van der Waals surface area contributed by atoms with Crippen LogP contribution in [0, 0.1) is 11.6 Å².